The average Bonchev–Trinajstić information content (AvgIpc) is 2.55. The Kier molecular flexibility index (Phi) is 3.52. The fraction of sp³-hybridized carbons (Fsp3) is 0.333. The number of nitriles is 1. The third-order valence-corrected chi connectivity index (χ3v) is 3.05. The van der Waals surface area contributed by atoms with E-state index in [0.717, 1.165) is 0 Å². The lowest BCUT2D eigenvalue weighted by molar-refractivity contribution is 0.0960. The maximum atomic E-state index is 11.5. The molecule has 0 fully saturated rings. The number of nitrogens with zero attached hydrogens (tertiary/aromatic N) is 1. The second-order valence-electron chi connectivity index (χ2n) is 2.77. The standard InChI is InChI=1S/C9H12N4OS/c1-3-13-8(14)7-6(11)5(4-10)9(12-2)15-7/h12H,3,11H2,1-2H3,(H,13,14). The predicted octanol–water partition coefficient (Wildman–Crippen LogP) is 0.993. The second kappa shape index (κ2) is 4.66. The van der Waals surface area contributed by atoms with E-state index in [1.54, 1.807) is 7.05 Å². The number of thiophene rings is 1. The number of hydrogen-bond donors (Lipinski definition) is 3. The van der Waals surface area contributed by atoms with Crippen LogP contribution in [-0.2, 0) is 0 Å². The molecule has 4 N–H and O–H groups in total. The number of nitrogen functional groups attached to an aromatic ring is 1. The number of amides is 1. The SMILES string of the molecule is CCNC(=O)c1sc(NC)c(C#N)c1N. The van der Waals surface area contributed by atoms with Crippen molar-refractivity contribution in [3.05, 3.63) is 10.4 Å². The highest BCUT2D eigenvalue weighted by Crippen LogP contribution is 2.34. The summed E-state index contributed by atoms with van der Waals surface area (Å²) in [6.07, 6.45) is 0. The molecule has 0 aromatic carbocycles. The molecule has 0 saturated carbocycles. The number of nitrogens with one attached hydrogen (secondary N) is 2. The lowest BCUT2D eigenvalue weighted by Crippen LogP contribution is -2.22. The van der Waals surface area contributed by atoms with Crippen molar-refractivity contribution in [1.29, 1.82) is 5.26 Å². The summed E-state index contributed by atoms with van der Waals surface area (Å²) < 4.78 is 0. The van der Waals surface area contributed by atoms with Gasteiger partial charge in [-0.05, 0) is 6.92 Å². The average molecular weight is 224 g/mol. The molecule has 5 nitrogen and oxygen atoms in total. The highest BCUT2D eigenvalue weighted by atomic mass is 32.1. The largest absolute Gasteiger partial charge is 0.396 e. The van der Waals surface area contributed by atoms with Crippen molar-refractivity contribution in [2.45, 2.75) is 6.92 Å². The van der Waals surface area contributed by atoms with Gasteiger partial charge in [0.25, 0.3) is 5.91 Å². The molecule has 0 bridgehead atoms. The summed E-state index contributed by atoms with van der Waals surface area (Å²) in [5, 5.41) is 15.0. The van der Waals surface area contributed by atoms with E-state index in [-0.39, 0.29) is 11.6 Å². The zero-order valence-electron chi connectivity index (χ0n) is 8.55. The van der Waals surface area contributed by atoms with Crippen molar-refractivity contribution in [2.75, 3.05) is 24.6 Å². The van der Waals surface area contributed by atoms with Crippen LogP contribution in [0, 0.1) is 11.3 Å². The van der Waals surface area contributed by atoms with Crippen LogP contribution in [0.1, 0.15) is 22.2 Å². The molecule has 1 amide bonds. The number of nitrogens with two attached hydrogens (primary N) is 1. The van der Waals surface area contributed by atoms with Gasteiger partial charge < -0.3 is 16.4 Å². The summed E-state index contributed by atoms with van der Waals surface area (Å²) in [6, 6.07) is 1.98. The summed E-state index contributed by atoms with van der Waals surface area (Å²) in [6.45, 7) is 2.36. The van der Waals surface area contributed by atoms with Crippen LogP contribution in [-0.4, -0.2) is 19.5 Å². The molecule has 1 heterocycles. The minimum atomic E-state index is -0.238. The molecule has 0 spiro atoms. The molecule has 1 aromatic heterocycles. The Morgan fingerprint density at radius 1 is 1.67 bits per heavy atom. The fourth-order valence-corrected chi connectivity index (χ4v) is 2.08. The van der Waals surface area contributed by atoms with Crippen LogP contribution in [0.4, 0.5) is 10.7 Å². The van der Waals surface area contributed by atoms with Crippen molar-refractivity contribution in [1.82, 2.24) is 5.32 Å². The zero-order chi connectivity index (χ0) is 11.4. The zero-order valence-corrected chi connectivity index (χ0v) is 9.36. The Bertz CT molecular complexity index is 418. The van der Waals surface area contributed by atoms with E-state index >= 15 is 0 Å². The highest BCUT2D eigenvalue weighted by molar-refractivity contribution is 7.18. The summed E-state index contributed by atoms with van der Waals surface area (Å²) in [5.74, 6) is -0.238. The number of carbonyl (C=O) groups excluding carboxylic acids is 1. The third kappa shape index (κ3) is 2.02. The van der Waals surface area contributed by atoms with E-state index in [1.807, 2.05) is 13.0 Å². The van der Waals surface area contributed by atoms with E-state index in [4.69, 9.17) is 11.0 Å². The molecular weight excluding hydrogens is 212 g/mol. The lowest BCUT2D eigenvalue weighted by atomic mass is 10.2. The van der Waals surface area contributed by atoms with Crippen molar-refractivity contribution in [3.8, 4) is 6.07 Å². The van der Waals surface area contributed by atoms with E-state index in [2.05, 4.69) is 10.6 Å². The van der Waals surface area contributed by atoms with Gasteiger partial charge in [0, 0.05) is 13.6 Å². The first-order chi connectivity index (χ1) is 7.15. The van der Waals surface area contributed by atoms with Gasteiger partial charge in [-0.2, -0.15) is 5.26 Å². The maximum Gasteiger partial charge on any atom is 0.263 e. The fourth-order valence-electron chi connectivity index (χ4n) is 1.14. The number of anilines is 2. The van der Waals surface area contributed by atoms with Gasteiger partial charge in [-0.1, -0.05) is 0 Å². The summed E-state index contributed by atoms with van der Waals surface area (Å²) in [5.41, 5.74) is 6.29. The van der Waals surface area contributed by atoms with E-state index < -0.39 is 0 Å². The molecule has 0 saturated heterocycles. The second-order valence-corrected chi connectivity index (χ2v) is 3.79. The minimum absolute atomic E-state index is 0.238. The number of hydrogen-bond acceptors (Lipinski definition) is 5. The van der Waals surface area contributed by atoms with E-state index in [1.165, 1.54) is 11.3 Å². The predicted molar refractivity (Wildman–Crippen MR) is 61.0 cm³/mol. The Morgan fingerprint density at radius 3 is 2.73 bits per heavy atom. The minimum Gasteiger partial charge on any atom is -0.396 e. The molecule has 1 aromatic rings. The highest BCUT2D eigenvalue weighted by Gasteiger charge is 2.19. The van der Waals surface area contributed by atoms with Crippen molar-refractivity contribution >= 4 is 27.9 Å². The van der Waals surface area contributed by atoms with E-state index in [0.29, 0.717) is 22.0 Å². The molecule has 15 heavy (non-hydrogen) atoms. The van der Waals surface area contributed by atoms with Gasteiger partial charge in [0.15, 0.2) is 0 Å². The van der Waals surface area contributed by atoms with Gasteiger partial charge in [0.05, 0.1) is 5.69 Å². The van der Waals surface area contributed by atoms with Crippen LogP contribution in [0.5, 0.6) is 0 Å². The van der Waals surface area contributed by atoms with Crippen LogP contribution in [0.3, 0.4) is 0 Å². The van der Waals surface area contributed by atoms with Crippen LogP contribution in [0.15, 0.2) is 0 Å². The quantitative estimate of drug-likeness (QED) is 0.714. The summed E-state index contributed by atoms with van der Waals surface area (Å²) in [7, 11) is 1.69. The molecule has 80 valence electrons. The van der Waals surface area contributed by atoms with Gasteiger partial charge in [-0.3, -0.25) is 4.79 Å². The van der Waals surface area contributed by atoms with Crippen molar-refractivity contribution in [3.63, 3.8) is 0 Å². The maximum absolute atomic E-state index is 11.5. The number of rotatable bonds is 3. The van der Waals surface area contributed by atoms with Gasteiger partial charge in [-0.25, -0.2) is 0 Å². The van der Waals surface area contributed by atoms with Crippen LogP contribution in [0.2, 0.25) is 0 Å². The van der Waals surface area contributed by atoms with Gasteiger partial charge in [0.1, 0.15) is 21.5 Å². The van der Waals surface area contributed by atoms with Crippen LogP contribution in [0.25, 0.3) is 0 Å². The number of carbonyl (C=O) groups is 1. The van der Waals surface area contributed by atoms with Gasteiger partial charge >= 0.3 is 0 Å². The molecule has 0 aliphatic heterocycles. The molecular formula is C9H12N4OS. The Hall–Kier alpha value is -1.74. The Balaban J connectivity index is 3.16. The smallest absolute Gasteiger partial charge is 0.263 e. The van der Waals surface area contributed by atoms with Crippen molar-refractivity contribution < 1.29 is 4.79 Å². The van der Waals surface area contributed by atoms with Gasteiger partial charge in [0.2, 0.25) is 0 Å². The first-order valence-electron chi connectivity index (χ1n) is 4.44. The lowest BCUT2D eigenvalue weighted by Gasteiger charge is -1.99. The van der Waals surface area contributed by atoms with E-state index in [9.17, 15) is 4.79 Å². The molecule has 0 atom stereocenters. The molecule has 0 aliphatic carbocycles. The topological polar surface area (TPSA) is 90.9 Å². The first kappa shape index (κ1) is 11.3. The molecule has 1 rings (SSSR count). The first-order valence-corrected chi connectivity index (χ1v) is 5.25. The summed E-state index contributed by atoms with van der Waals surface area (Å²) in [4.78, 5) is 11.9. The molecule has 0 unspecified atom stereocenters. The summed E-state index contributed by atoms with van der Waals surface area (Å²) >= 11 is 1.19. The Labute approximate surface area is 91.9 Å². The van der Waals surface area contributed by atoms with Crippen LogP contribution >= 0.6 is 11.3 Å². The third-order valence-electron chi connectivity index (χ3n) is 1.83. The molecule has 0 aliphatic rings. The monoisotopic (exact) mass is 224 g/mol. The normalized spacial score (nSPS) is 9.40. The molecule has 6 heteroatoms. The van der Waals surface area contributed by atoms with Crippen LogP contribution < -0.4 is 16.4 Å². The Morgan fingerprint density at radius 2 is 2.33 bits per heavy atom. The van der Waals surface area contributed by atoms with Crippen molar-refractivity contribution in [2.24, 2.45) is 0 Å². The van der Waals surface area contributed by atoms with Gasteiger partial charge in [-0.15, -0.1) is 11.3 Å². The molecule has 0 radical (unpaired) electrons.